The predicted octanol–water partition coefficient (Wildman–Crippen LogP) is 1.20. The first-order valence-electron chi connectivity index (χ1n) is 7.85. The molecule has 1 N–H and O–H groups in total. The Labute approximate surface area is 151 Å². The van der Waals surface area contributed by atoms with Crippen LogP contribution < -0.4 is 4.90 Å². The number of H-pyrrole nitrogens is 1. The Morgan fingerprint density at radius 3 is 2.70 bits per heavy atom. The summed E-state index contributed by atoms with van der Waals surface area (Å²) in [4.78, 5) is 30.3. The molecule has 0 spiro atoms. The molecule has 0 atom stereocenters. The van der Waals surface area contributed by atoms with Gasteiger partial charge in [-0.15, -0.1) is 0 Å². The van der Waals surface area contributed by atoms with Crippen LogP contribution in [0.25, 0.3) is 11.2 Å². The fourth-order valence-electron chi connectivity index (χ4n) is 2.68. The van der Waals surface area contributed by atoms with E-state index in [4.69, 9.17) is 0 Å². The number of nitrogens with zero attached hydrogens (tertiary/aromatic N) is 7. The van der Waals surface area contributed by atoms with Crippen LogP contribution in [-0.2, 0) is 24.6 Å². The number of rotatable bonds is 5. The van der Waals surface area contributed by atoms with E-state index >= 15 is 0 Å². The van der Waals surface area contributed by atoms with E-state index in [1.54, 1.807) is 11.9 Å². The van der Waals surface area contributed by atoms with Gasteiger partial charge in [0.1, 0.15) is 11.8 Å². The summed E-state index contributed by atoms with van der Waals surface area (Å²) in [6.45, 7) is -0.290. The fraction of sp³-hybridized carbons (Fsp3) is 0.400. The molecule has 3 aromatic heterocycles. The minimum Gasteiger partial charge on any atom is -0.348 e. The lowest BCUT2D eigenvalue weighted by Gasteiger charge is -2.23. The van der Waals surface area contributed by atoms with E-state index in [1.165, 1.54) is 37.8 Å². The van der Waals surface area contributed by atoms with Crippen molar-refractivity contribution in [2.45, 2.75) is 12.7 Å². The van der Waals surface area contributed by atoms with Gasteiger partial charge >= 0.3 is 6.18 Å². The van der Waals surface area contributed by atoms with E-state index in [1.807, 2.05) is 0 Å². The Kier molecular flexibility index (Phi) is 4.72. The molecule has 0 saturated carbocycles. The number of fused-ring (bicyclic) bond motifs is 1. The molecule has 3 heterocycles. The molecule has 0 unspecified atom stereocenters. The SMILES string of the molecule is CN(Cc1cn(C)nc1C(F)(F)F)C(=O)CN(C)c1ncnc2nc[nH]c12. The molecular weight excluding hydrogens is 365 g/mol. The maximum Gasteiger partial charge on any atom is 0.435 e. The lowest BCUT2D eigenvalue weighted by Crippen LogP contribution is -2.37. The van der Waals surface area contributed by atoms with Gasteiger partial charge in [-0.25, -0.2) is 15.0 Å². The molecule has 1 amide bonds. The van der Waals surface area contributed by atoms with Crippen LogP contribution in [0, 0.1) is 0 Å². The van der Waals surface area contributed by atoms with Gasteiger partial charge in [-0.1, -0.05) is 0 Å². The van der Waals surface area contributed by atoms with Crippen LogP contribution in [0.1, 0.15) is 11.3 Å². The first-order valence-corrected chi connectivity index (χ1v) is 7.85. The van der Waals surface area contributed by atoms with Crippen LogP contribution >= 0.6 is 0 Å². The molecule has 0 saturated heterocycles. The number of aromatic nitrogens is 6. The summed E-state index contributed by atoms with van der Waals surface area (Å²) in [5.41, 5.74) is -0.0330. The Balaban J connectivity index is 1.72. The number of aromatic amines is 1. The number of carbonyl (C=O) groups is 1. The number of amides is 1. The van der Waals surface area contributed by atoms with Gasteiger partial charge < -0.3 is 14.8 Å². The quantitative estimate of drug-likeness (QED) is 0.712. The van der Waals surface area contributed by atoms with Crippen molar-refractivity contribution < 1.29 is 18.0 Å². The lowest BCUT2D eigenvalue weighted by atomic mass is 10.2. The summed E-state index contributed by atoms with van der Waals surface area (Å²) < 4.78 is 40.2. The molecule has 0 bridgehead atoms. The number of alkyl halides is 3. The summed E-state index contributed by atoms with van der Waals surface area (Å²) in [6.07, 6.45) is -0.528. The van der Waals surface area contributed by atoms with Gasteiger partial charge in [-0.3, -0.25) is 9.48 Å². The maximum absolute atomic E-state index is 13.1. The molecular formula is C15H17F3N8O. The first kappa shape index (κ1) is 18.6. The van der Waals surface area contributed by atoms with Crippen molar-refractivity contribution in [2.75, 3.05) is 25.5 Å². The molecule has 0 fully saturated rings. The molecule has 0 aliphatic carbocycles. The highest BCUT2D eigenvalue weighted by molar-refractivity contribution is 5.86. The van der Waals surface area contributed by atoms with E-state index in [0.717, 1.165) is 4.68 Å². The van der Waals surface area contributed by atoms with Crippen molar-refractivity contribution >= 4 is 22.9 Å². The molecule has 9 nitrogen and oxygen atoms in total. The number of halogens is 3. The molecule has 0 aliphatic heterocycles. The zero-order valence-electron chi connectivity index (χ0n) is 14.8. The molecule has 0 radical (unpaired) electrons. The zero-order valence-corrected chi connectivity index (χ0v) is 14.8. The first-order chi connectivity index (χ1) is 12.7. The molecule has 27 heavy (non-hydrogen) atoms. The summed E-state index contributed by atoms with van der Waals surface area (Å²) in [5.74, 6) is 0.0948. The predicted molar refractivity (Wildman–Crippen MR) is 89.6 cm³/mol. The highest BCUT2D eigenvalue weighted by Gasteiger charge is 2.37. The standard InChI is InChI=1S/C15H17F3N8O/c1-24(4-9-5-26(3)23-12(9)15(16,17)18)10(27)6-25(2)14-11-13(20-7-19-11)21-8-22-14/h5,7-8H,4,6H2,1-3H3,(H,19,20,21,22). The highest BCUT2D eigenvalue weighted by atomic mass is 19.4. The molecule has 3 rings (SSSR count). The van der Waals surface area contributed by atoms with Crippen LogP contribution in [0.15, 0.2) is 18.9 Å². The lowest BCUT2D eigenvalue weighted by molar-refractivity contribution is -0.143. The van der Waals surface area contributed by atoms with Crippen molar-refractivity contribution in [3.8, 4) is 0 Å². The molecule has 12 heteroatoms. The van der Waals surface area contributed by atoms with E-state index in [0.29, 0.717) is 17.0 Å². The molecule has 0 aromatic carbocycles. The average Bonchev–Trinajstić information content (AvgIpc) is 3.20. The Morgan fingerprint density at radius 1 is 1.26 bits per heavy atom. The summed E-state index contributed by atoms with van der Waals surface area (Å²) in [7, 11) is 4.49. The normalized spacial score (nSPS) is 11.8. The number of hydrogen-bond donors (Lipinski definition) is 1. The van der Waals surface area contributed by atoms with Gasteiger partial charge in [0.2, 0.25) is 5.91 Å². The largest absolute Gasteiger partial charge is 0.435 e. The number of aryl methyl sites for hydroxylation is 1. The second kappa shape index (κ2) is 6.85. The van der Waals surface area contributed by atoms with Crippen molar-refractivity contribution in [2.24, 2.45) is 7.05 Å². The molecule has 144 valence electrons. The van der Waals surface area contributed by atoms with E-state index in [9.17, 15) is 18.0 Å². The smallest absolute Gasteiger partial charge is 0.348 e. The third kappa shape index (κ3) is 3.83. The maximum atomic E-state index is 13.1. The number of nitrogens with one attached hydrogen (secondary N) is 1. The highest BCUT2D eigenvalue weighted by Crippen LogP contribution is 2.31. The van der Waals surface area contributed by atoms with Crippen molar-refractivity contribution in [3.05, 3.63) is 30.1 Å². The minimum atomic E-state index is -4.58. The molecule has 3 aromatic rings. The summed E-state index contributed by atoms with van der Waals surface area (Å²) in [6, 6.07) is 0. The second-order valence-electron chi connectivity index (χ2n) is 6.08. The van der Waals surface area contributed by atoms with Crippen LogP contribution in [0.2, 0.25) is 0 Å². The van der Waals surface area contributed by atoms with Gasteiger partial charge in [0.25, 0.3) is 0 Å². The van der Waals surface area contributed by atoms with Crippen LogP contribution in [0.5, 0.6) is 0 Å². The van der Waals surface area contributed by atoms with Crippen molar-refractivity contribution in [1.82, 2.24) is 34.6 Å². The van der Waals surface area contributed by atoms with E-state index in [2.05, 4.69) is 25.0 Å². The number of carbonyl (C=O) groups excluding carboxylic acids is 1. The topological polar surface area (TPSA) is 95.8 Å². The Hall–Kier alpha value is -3.18. The Bertz CT molecular complexity index is 964. The number of hydrogen-bond acceptors (Lipinski definition) is 6. The van der Waals surface area contributed by atoms with E-state index < -0.39 is 11.9 Å². The van der Waals surface area contributed by atoms with Crippen molar-refractivity contribution in [3.63, 3.8) is 0 Å². The second-order valence-corrected chi connectivity index (χ2v) is 6.08. The summed E-state index contributed by atoms with van der Waals surface area (Å²) >= 11 is 0. The zero-order chi connectivity index (χ0) is 19.8. The van der Waals surface area contributed by atoms with Gasteiger partial charge in [-0.2, -0.15) is 18.3 Å². The van der Waals surface area contributed by atoms with Gasteiger partial charge in [0.15, 0.2) is 17.2 Å². The summed E-state index contributed by atoms with van der Waals surface area (Å²) in [5, 5.41) is 3.45. The minimum absolute atomic E-state index is 0.0681. The fourth-order valence-corrected chi connectivity index (χ4v) is 2.68. The third-order valence-corrected chi connectivity index (χ3v) is 3.94. The van der Waals surface area contributed by atoms with Gasteiger partial charge in [-0.05, 0) is 0 Å². The third-order valence-electron chi connectivity index (χ3n) is 3.94. The van der Waals surface area contributed by atoms with Crippen LogP contribution in [0.3, 0.4) is 0 Å². The number of likely N-dealkylation sites (N-methyl/N-ethyl adjacent to an activating group) is 2. The van der Waals surface area contributed by atoms with Crippen molar-refractivity contribution in [1.29, 1.82) is 0 Å². The molecule has 0 aliphatic rings. The van der Waals surface area contributed by atoms with Crippen LogP contribution in [-0.4, -0.2) is 61.2 Å². The van der Waals surface area contributed by atoms with Gasteiger partial charge in [0, 0.05) is 39.4 Å². The van der Waals surface area contributed by atoms with Crippen LogP contribution in [0.4, 0.5) is 19.0 Å². The number of anilines is 1. The number of imidazole rings is 1. The Morgan fingerprint density at radius 2 is 2.00 bits per heavy atom. The van der Waals surface area contributed by atoms with Gasteiger partial charge in [0.05, 0.1) is 12.9 Å². The average molecular weight is 382 g/mol. The monoisotopic (exact) mass is 382 g/mol. The van der Waals surface area contributed by atoms with E-state index in [-0.39, 0.29) is 24.6 Å².